The summed E-state index contributed by atoms with van der Waals surface area (Å²) in [5, 5.41) is 0. The molecule has 0 aromatic heterocycles. The second-order valence-corrected chi connectivity index (χ2v) is 2.14. The van der Waals surface area contributed by atoms with Gasteiger partial charge in [-0.15, -0.1) is 0 Å². The van der Waals surface area contributed by atoms with Crippen LogP contribution in [0.2, 0.25) is 0 Å². The normalized spacial score (nSPS) is 23.1. The van der Waals surface area contributed by atoms with Crippen molar-refractivity contribution < 1.29 is 22.6 Å². The van der Waals surface area contributed by atoms with E-state index in [-0.39, 0.29) is 0 Å². The molecule has 0 aromatic carbocycles. The van der Waals surface area contributed by atoms with Crippen LogP contribution < -0.4 is 0 Å². The Morgan fingerprint density at radius 3 is 1.70 bits per heavy atom. The van der Waals surface area contributed by atoms with Crippen LogP contribution in [0, 0.1) is 0 Å². The molecule has 0 saturated heterocycles. The summed E-state index contributed by atoms with van der Waals surface area (Å²) in [5.74, 6) is 0. The molecule has 0 bridgehead atoms. The maximum absolute atomic E-state index is 6.89. The number of hydrogen-bond acceptors (Lipinski definition) is 1. The molecule has 0 unspecified atom stereocenters. The predicted molar refractivity (Wildman–Crippen MR) is 39.0 cm³/mol. The fourth-order valence-corrected chi connectivity index (χ4v) is 0.874. The first-order valence-corrected chi connectivity index (χ1v) is 4.20. The molecule has 1 rings (SSSR count). The Morgan fingerprint density at radius 2 is 1.30 bits per heavy atom. The Hall–Kier alpha value is 0.0634. The van der Waals surface area contributed by atoms with Gasteiger partial charge in [0.15, 0.2) is 0 Å². The SMILES string of the molecule is C1=C\CCCC\C=C/1.[OH][Rh]. The van der Waals surface area contributed by atoms with Crippen LogP contribution in [0.25, 0.3) is 0 Å². The van der Waals surface area contributed by atoms with Crippen molar-refractivity contribution in [2.24, 2.45) is 0 Å². The van der Waals surface area contributed by atoms with Gasteiger partial charge in [-0.05, 0) is 25.7 Å². The van der Waals surface area contributed by atoms with Crippen LogP contribution in [0.5, 0.6) is 0 Å². The molecular formula is C8H13ORh. The van der Waals surface area contributed by atoms with E-state index in [1.54, 1.807) is 18.7 Å². The zero-order valence-corrected chi connectivity index (χ0v) is 7.56. The van der Waals surface area contributed by atoms with Gasteiger partial charge in [-0.2, -0.15) is 0 Å². The Labute approximate surface area is 72.9 Å². The van der Waals surface area contributed by atoms with Crippen molar-refractivity contribution in [1.82, 2.24) is 0 Å². The van der Waals surface area contributed by atoms with E-state index < -0.39 is 0 Å². The molecule has 10 heavy (non-hydrogen) atoms. The topological polar surface area (TPSA) is 20.2 Å². The number of rotatable bonds is 0. The van der Waals surface area contributed by atoms with Crippen LogP contribution in [-0.4, -0.2) is 3.93 Å². The number of allylic oxidation sites excluding steroid dienone is 4. The van der Waals surface area contributed by atoms with Gasteiger partial charge >= 0.3 is 22.6 Å². The molecule has 0 aromatic rings. The Balaban J connectivity index is 0.000000371. The summed E-state index contributed by atoms with van der Waals surface area (Å²) in [5.41, 5.74) is 0. The molecule has 0 amide bonds. The van der Waals surface area contributed by atoms with Gasteiger partial charge < -0.3 is 0 Å². The summed E-state index contributed by atoms with van der Waals surface area (Å²) in [6.07, 6.45) is 14.0. The maximum atomic E-state index is 6.89. The molecule has 1 N–H and O–H groups in total. The van der Waals surface area contributed by atoms with Gasteiger partial charge in [0.2, 0.25) is 0 Å². The molecule has 1 nitrogen and oxygen atoms in total. The first-order chi connectivity index (χ1) is 5.00. The molecule has 0 fully saturated rings. The van der Waals surface area contributed by atoms with Crippen molar-refractivity contribution in [3.8, 4) is 0 Å². The molecule has 0 saturated carbocycles. The van der Waals surface area contributed by atoms with E-state index in [0.29, 0.717) is 0 Å². The van der Waals surface area contributed by atoms with Crippen LogP contribution in [0.15, 0.2) is 24.3 Å². The van der Waals surface area contributed by atoms with Crippen molar-refractivity contribution in [3.63, 3.8) is 0 Å². The van der Waals surface area contributed by atoms with E-state index in [0.717, 1.165) is 0 Å². The minimum absolute atomic E-state index is 1.27. The quantitative estimate of drug-likeness (QED) is 0.629. The summed E-state index contributed by atoms with van der Waals surface area (Å²) < 4.78 is 6.89. The van der Waals surface area contributed by atoms with Crippen molar-refractivity contribution in [2.45, 2.75) is 25.7 Å². The van der Waals surface area contributed by atoms with Gasteiger partial charge in [0.1, 0.15) is 0 Å². The van der Waals surface area contributed by atoms with E-state index in [4.69, 9.17) is 3.93 Å². The average Bonchev–Trinajstić information content (AvgIpc) is 1.90. The van der Waals surface area contributed by atoms with Crippen molar-refractivity contribution >= 4 is 0 Å². The fraction of sp³-hybridized carbons (Fsp3) is 0.500. The van der Waals surface area contributed by atoms with Gasteiger partial charge in [-0.25, -0.2) is 0 Å². The van der Waals surface area contributed by atoms with Crippen molar-refractivity contribution in [2.75, 3.05) is 0 Å². The third-order valence-electron chi connectivity index (χ3n) is 1.37. The molecule has 1 aliphatic carbocycles. The number of hydrogen-bond donors (Lipinski definition) is 1. The van der Waals surface area contributed by atoms with Gasteiger partial charge in [-0.1, -0.05) is 24.3 Å². The van der Waals surface area contributed by atoms with Crippen LogP contribution in [0.3, 0.4) is 0 Å². The Bertz CT molecular complexity index is 93.8. The minimum atomic E-state index is 1.27. The van der Waals surface area contributed by atoms with Gasteiger partial charge in [-0.3, -0.25) is 0 Å². The first kappa shape index (κ1) is 10.1. The van der Waals surface area contributed by atoms with Crippen molar-refractivity contribution in [3.05, 3.63) is 24.3 Å². The Kier molecular flexibility index (Phi) is 9.12. The third-order valence-corrected chi connectivity index (χ3v) is 1.37. The van der Waals surface area contributed by atoms with E-state index >= 15 is 0 Å². The molecule has 0 heterocycles. The van der Waals surface area contributed by atoms with Crippen LogP contribution in [0.1, 0.15) is 25.7 Å². The predicted octanol–water partition coefficient (Wildman–Crippen LogP) is 2.11. The van der Waals surface area contributed by atoms with Crippen LogP contribution >= 0.6 is 0 Å². The molecule has 2 heteroatoms. The second kappa shape index (κ2) is 9.06. The average molecular weight is 228 g/mol. The molecule has 0 atom stereocenters. The summed E-state index contributed by atoms with van der Waals surface area (Å²) in [6, 6.07) is 0. The molecule has 0 radical (unpaired) electrons. The van der Waals surface area contributed by atoms with E-state index in [2.05, 4.69) is 24.3 Å². The zero-order valence-electron chi connectivity index (χ0n) is 5.92. The first-order valence-electron chi connectivity index (χ1n) is 3.47. The standard InChI is InChI=1S/C8H12.H2O.Rh/c1-2-4-6-8-7-5-3-1;;/h1-4H,5-8H2;1H2;/q;;+1/p-1/b3-1-,4-2-;;. The van der Waals surface area contributed by atoms with Gasteiger partial charge in [0.25, 0.3) is 0 Å². The molecular weight excluding hydrogens is 215 g/mol. The van der Waals surface area contributed by atoms with Crippen LogP contribution in [-0.2, 0) is 18.7 Å². The van der Waals surface area contributed by atoms with Crippen LogP contribution in [0.4, 0.5) is 0 Å². The Morgan fingerprint density at radius 1 is 0.900 bits per heavy atom. The van der Waals surface area contributed by atoms with E-state index in [1.165, 1.54) is 25.7 Å². The third kappa shape index (κ3) is 6.19. The van der Waals surface area contributed by atoms with Crippen molar-refractivity contribution in [1.29, 1.82) is 0 Å². The summed E-state index contributed by atoms with van der Waals surface area (Å²) in [4.78, 5) is 0. The molecule has 1 aliphatic rings. The van der Waals surface area contributed by atoms with E-state index in [1.807, 2.05) is 0 Å². The zero-order chi connectivity index (χ0) is 7.66. The second-order valence-electron chi connectivity index (χ2n) is 2.14. The van der Waals surface area contributed by atoms with Gasteiger partial charge in [0.05, 0.1) is 0 Å². The monoisotopic (exact) mass is 228 g/mol. The molecule has 0 aliphatic heterocycles. The summed E-state index contributed by atoms with van der Waals surface area (Å²) >= 11 is 1.55. The summed E-state index contributed by atoms with van der Waals surface area (Å²) in [6.45, 7) is 0. The van der Waals surface area contributed by atoms with Gasteiger partial charge in [0, 0.05) is 0 Å². The van der Waals surface area contributed by atoms with E-state index in [9.17, 15) is 0 Å². The fourth-order valence-electron chi connectivity index (χ4n) is 0.874. The molecule has 60 valence electrons. The molecule has 0 spiro atoms. The summed E-state index contributed by atoms with van der Waals surface area (Å²) in [7, 11) is 0.